The second kappa shape index (κ2) is 6.95. The van der Waals surface area contributed by atoms with Crippen LogP contribution in [0.2, 0.25) is 0 Å². The van der Waals surface area contributed by atoms with E-state index in [1.165, 1.54) is 0 Å². The van der Waals surface area contributed by atoms with Gasteiger partial charge in [-0.2, -0.15) is 0 Å². The molecule has 0 saturated heterocycles. The van der Waals surface area contributed by atoms with Gasteiger partial charge in [0, 0.05) is 31.5 Å². The Kier molecular flexibility index (Phi) is 5.50. The summed E-state index contributed by atoms with van der Waals surface area (Å²) in [6, 6.07) is 3.64. The lowest BCUT2D eigenvalue weighted by atomic mass is 10.3. The average Bonchev–Trinajstić information content (AvgIpc) is 2.35. The van der Waals surface area contributed by atoms with Gasteiger partial charge in [-0.1, -0.05) is 0 Å². The van der Waals surface area contributed by atoms with Crippen molar-refractivity contribution in [2.75, 3.05) is 31.2 Å². The van der Waals surface area contributed by atoms with Crippen LogP contribution in [0.1, 0.15) is 24.2 Å². The van der Waals surface area contributed by atoms with Gasteiger partial charge in [-0.25, -0.2) is 4.98 Å². The summed E-state index contributed by atoms with van der Waals surface area (Å²) in [5.41, 5.74) is 0.601. The van der Waals surface area contributed by atoms with Gasteiger partial charge < -0.3 is 9.64 Å². The van der Waals surface area contributed by atoms with Gasteiger partial charge in [-0.05, 0) is 26.0 Å². The molecule has 0 aromatic carbocycles. The first kappa shape index (κ1) is 12.6. The highest BCUT2D eigenvalue weighted by molar-refractivity contribution is 5.74. The Morgan fingerprint density at radius 2 is 2.25 bits per heavy atom. The molecule has 0 bridgehead atoms. The molecule has 1 aromatic heterocycles. The van der Waals surface area contributed by atoms with Gasteiger partial charge in [0.25, 0.3) is 0 Å². The first-order chi connectivity index (χ1) is 7.81. The third-order valence-corrected chi connectivity index (χ3v) is 2.32. The van der Waals surface area contributed by atoms with Gasteiger partial charge in [0.1, 0.15) is 5.82 Å². The minimum Gasteiger partial charge on any atom is -0.380 e. The fourth-order valence-corrected chi connectivity index (χ4v) is 1.41. The number of carbonyl (C=O) groups excluding carboxylic acids is 1. The number of hydrogen-bond acceptors (Lipinski definition) is 4. The van der Waals surface area contributed by atoms with Crippen molar-refractivity contribution in [3.63, 3.8) is 0 Å². The van der Waals surface area contributed by atoms with E-state index >= 15 is 0 Å². The molecule has 0 unspecified atom stereocenters. The summed E-state index contributed by atoms with van der Waals surface area (Å²) >= 11 is 0. The van der Waals surface area contributed by atoms with Crippen molar-refractivity contribution in [2.24, 2.45) is 0 Å². The van der Waals surface area contributed by atoms with E-state index in [2.05, 4.69) is 16.8 Å². The van der Waals surface area contributed by atoms with Crippen molar-refractivity contribution in [1.29, 1.82) is 0 Å². The molecular formula is C12H18N2O2. The van der Waals surface area contributed by atoms with Gasteiger partial charge in [0.2, 0.25) is 0 Å². The van der Waals surface area contributed by atoms with Crippen LogP contribution in [-0.2, 0) is 4.74 Å². The second-order valence-corrected chi connectivity index (χ2v) is 3.34. The van der Waals surface area contributed by atoms with Crippen LogP contribution in [0.4, 0.5) is 5.82 Å². The number of carbonyl (C=O) groups is 1. The monoisotopic (exact) mass is 222 g/mol. The van der Waals surface area contributed by atoms with Crippen LogP contribution in [-0.4, -0.2) is 37.6 Å². The van der Waals surface area contributed by atoms with E-state index in [9.17, 15) is 4.79 Å². The van der Waals surface area contributed by atoms with Crippen LogP contribution in [0.3, 0.4) is 0 Å². The van der Waals surface area contributed by atoms with Crippen LogP contribution in [0.5, 0.6) is 0 Å². The minimum atomic E-state index is 0.601. The topological polar surface area (TPSA) is 42.4 Å². The number of pyridine rings is 1. The molecule has 0 amide bonds. The predicted octanol–water partition coefficient (Wildman–Crippen LogP) is 1.76. The molecule has 4 nitrogen and oxygen atoms in total. The molecule has 0 saturated carbocycles. The van der Waals surface area contributed by atoms with Crippen molar-refractivity contribution < 1.29 is 9.53 Å². The maximum atomic E-state index is 10.5. The van der Waals surface area contributed by atoms with E-state index in [1.807, 2.05) is 13.0 Å². The van der Waals surface area contributed by atoms with E-state index in [4.69, 9.17) is 4.74 Å². The van der Waals surface area contributed by atoms with Crippen LogP contribution in [0.15, 0.2) is 18.3 Å². The minimum absolute atomic E-state index is 0.601. The summed E-state index contributed by atoms with van der Waals surface area (Å²) in [5.74, 6) is 0.882. The van der Waals surface area contributed by atoms with Crippen molar-refractivity contribution in [3.8, 4) is 0 Å². The van der Waals surface area contributed by atoms with E-state index in [0.717, 1.165) is 31.8 Å². The fourth-order valence-electron chi connectivity index (χ4n) is 1.41. The van der Waals surface area contributed by atoms with E-state index in [1.54, 1.807) is 12.3 Å². The number of rotatable bonds is 7. The Labute approximate surface area is 96.2 Å². The number of likely N-dealkylation sites (N-methyl/N-ethyl adjacent to an activating group) is 1. The van der Waals surface area contributed by atoms with Gasteiger partial charge in [-0.15, -0.1) is 0 Å². The number of ether oxygens (including phenoxy) is 1. The molecule has 0 spiro atoms. The summed E-state index contributed by atoms with van der Waals surface area (Å²) in [7, 11) is 0. The summed E-state index contributed by atoms with van der Waals surface area (Å²) in [4.78, 5) is 16.8. The largest absolute Gasteiger partial charge is 0.380 e. The predicted molar refractivity (Wildman–Crippen MR) is 64.0 cm³/mol. The number of aromatic nitrogens is 1. The molecule has 16 heavy (non-hydrogen) atoms. The summed E-state index contributed by atoms with van der Waals surface area (Å²) < 4.78 is 5.31. The zero-order valence-electron chi connectivity index (χ0n) is 9.85. The zero-order valence-corrected chi connectivity index (χ0v) is 9.85. The normalized spacial score (nSPS) is 10.1. The van der Waals surface area contributed by atoms with Gasteiger partial charge in [0.05, 0.1) is 6.61 Å². The van der Waals surface area contributed by atoms with Crippen molar-refractivity contribution in [1.82, 2.24) is 4.98 Å². The average molecular weight is 222 g/mol. The van der Waals surface area contributed by atoms with Gasteiger partial charge >= 0.3 is 0 Å². The molecule has 88 valence electrons. The Bertz CT molecular complexity index is 311. The Hall–Kier alpha value is -1.42. The van der Waals surface area contributed by atoms with Crippen molar-refractivity contribution >= 4 is 12.1 Å². The molecule has 0 N–H and O–H groups in total. The van der Waals surface area contributed by atoms with Gasteiger partial charge in [-0.3, -0.25) is 4.79 Å². The quantitative estimate of drug-likeness (QED) is 0.521. The SMILES string of the molecule is CCOCCN(CC)c1ccc(C=O)cn1. The Morgan fingerprint density at radius 3 is 2.75 bits per heavy atom. The molecule has 0 aliphatic rings. The molecule has 4 heteroatoms. The lowest BCUT2D eigenvalue weighted by Crippen LogP contribution is -2.27. The molecule has 0 atom stereocenters. The summed E-state index contributed by atoms with van der Waals surface area (Å²) in [6.45, 7) is 7.17. The highest BCUT2D eigenvalue weighted by Gasteiger charge is 2.04. The smallest absolute Gasteiger partial charge is 0.151 e. The van der Waals surface area contributed by atoms with Crippen LogP contribution in [0, 0.1) is 0 Å². The number of aldehydes is 1. The molecule has 0 fully saturated rings. The fraction of sp³-hybridized carbons (Fsp3) is 0.500. The lowest BCUT2D eigenvalue weighted by molar-refractivity contribution is 0.112. The zero-order chi connectivity index (χ0) is 11.8. The van der Waals surface area contributed by atoms with Crippen molar-refractivity contribution in [2.45, 2.75) is 13.8 Å². The third-order valence-electron chi connectivity index (χ3n) is 2.32. The Morgan fingerprint density at radius 1 is 1.44 bits per heavy atom. The van der Waals surface area contributed by atoms with Crippen LogP contribution < -0.4 is 4.90 Å². The summed E-state index contributed by atoms with van der Waals surface area (Å²) in [6.07, 6.45) is 2.39. The number of nitrogens with zero attached hydrogens (tertiary/aromatic N) is 2. The molecule has 0 radical (unpaired) electrons. The number of anilines is 1. The van der Waals surface area contributed by atoms with Crippen LogP contribution in [0.25, 0.3) is 0 Å². The molecule has 0 aliphatic heterocycles. The first-order valence-electron chi connectivity index (χ1n) is 5.55. The van der Waals surface area contributed by atoms with Crippen molar-refractivity contribution in [3.05, 3.63) is 23.9 Å². The maximum absolute atomic E-state index is 10.5. The van der Waals surface area contributed by atoms with E-state index < -0.39 is 0 Å². The molecule has 0 aliphatic carbocycles. The summed E-state index contributed by atoms with van der Waals surface area (Å²) in [5, 5.41) is 0. The van der Waals surface area contributed by atoms with E-state index in [0.29, 0.717) is 12.2 Å². The maximum Gasteiger partial charge on any atom is 0.151 e. The second-order valence-electron chi connectivity index (χ2n) is 3.34. The highest BCUT2D eigenvalue weighted by Crippen LogP contribution is 2.09. The molecular weight excluding hydrogens is 204 g/mol. The third kappa shape index (κ3) is 3.62. The standard InChI is InChI=1S/C12H18N2O2/c1-3-14(7-8-16-4-2)12-6-5-11(10-15)9-13-12/h5-6,9-10H,3-4,7-8H2,1-2H3. The molecule has 1 rings (SSSR count). The number of hydrogen-bond donors (Lipinski definition) is 0. The molecule has 1 heterocycles. The first-order valence-corrected chi connectivity index (χ1v) is 5.55. The lowest BCUT2D eigenvalue weighted by Gasteiger charge is -2.21. The highest BCUT2D eigenvalue weighted by atomic mass is 16.5. The molecule has 1 aromatic rings. The Balaban J connectivity index is 2.59. The van der Waals surface area contributed by atoms with Gasteiger partial charge in [0.15, 0.2) is 6.29 Å². The van der Waals surface area contributed by atoms with E-state index in [-0.39, 0.29) is 0 Å². The van der Waals surface area contributed by atoms with Crippen LogP contribution >= 0.6 is 0 Å².